The van der Waals surface area contributed by atoms with E-state index in [0.717, 1.165) is 15.8 Å². The number of rotatable bonds is 9. The van der Waals surface area contributed by atoms with Gasteiger partial charge in [-0.2, -0.15) is 0 Å². The fourth-order valence-corrected chi connectivity index (χ4v) is 4.52. The molecule has 2 aromatic carbocycles. The van der Waals surface area contributed by atoms with Crippen molar-refractivity contribution < 1.29 is 23.7 Å². The Labute approximate surface area is 199 Å². The molecule has 0 bridgehead atoms. The third-order valence-corrected chi connectivity index (χ3v) is 6.33. The molecule has 0 aliphatic carbocycles. The van der Waals surface area contributed by atoms with E-state index in [2.05, 4.69) is 15.9 Å². The lowest BCUT2D eigenvalue weighted by Gasteiger charge is -2.15. The Morgan fingerprint density at radius 1 is 1.13 bits per heavy atom. The zero-order chi connectivity index (χ0) is 22.4. The van der Waals surface area contributed by atoms with Gasteiger partial charge in [0.2, 0.25) is 0 Å². The number of carbonyl (C=O) groups excluding carboxylic acids is 1. The summed E-state index contributed by atoms with van der Waals surface area (Å²) in [6, 6.07) is 11.1. The van der Waals surface area contributed by atoms with E-state index in [9.17, 15) is 4.79 Å². The molecule has 1 heterocycles. The molecule has 0 atom stereocenters. The maximum absolute atomic E-state index is 12.3. The van der Waals surface area contributed by atoms with Gasteiger partial charge in [0.1, 0.15) is 29.0 Å². The van der Waals surface area contributed by atoms with Crippen molar-refractivity contribution in [3.63, 3.8) is 0 Å². The van der Waals surface area contributed by atoms with Crippen molar-refractivity contribution in [2.75, 3.05) is 34.0 Å². The highest BCUT2D eigenvalue weighted by atomic mass is 79.9. The summed E-state index contributed by atoms with van der Waals surface area (Å²) in [4.78, 5) is 14.3. The number of methoxy groups -OCH3 is 1. The molecule has 1 amide bonds. The summed E-state index contributed by atoms with van der Waals surface area (Å²) in [6.45, 7) is 3.05. The summed E-state index contributed by atoms with van der Waals surface area (Å²) in [7, 11) is 3.28. The highest BCUT2D eigenvalue weighted by molar-refractivity contribution is 9.10. The van der Waals surface area contributed by atoms with Gasteiger partial charge in [0, 0.05) is 13.1 Å². The third-order valence-electron chi connectivity index (χ3n) is 4.26. The maximum atomic E-state index is 12.3. The SMILES string of the molecule is CCOc1cc(/C=C2/SC(=S)N(C)C2=O)cc(Br)c1OCCOc1cccc(OC)c1. The average Bonchev–Trinajstić information content (AvgIpc) is 2.99. The number of hydrogen-bond acceptors (Lipinski definition) is 7. The average molecular weight is 524 g/mol. The van der Waals surface area contributed by atoms with Crippen LogP contribution in [0.3, 0.4) is 0 Å². The van der Waals surface area contributed by atoms with Crippen LogP contribution in [0, 0.1) is 0 Å². The fraction of sp³-hybridized carbons (Fsp3) is 0.273. The molecule has 1 saturated heterocycles. The van der Waals surface area contributed by atoms with E-state index in [4.69, 9.17) is 31.2 Å². The summed E-state index contributed by atoms with van der Waals surface area (Å²) in [5.74, 6) is 2.48. The summed E-state index contributed by atoms with van der Waals surface area (Å²) in [5, 5.41) is 0. The number of thioether (sulfide) groups is 1. The Hall–Kier alpha value is -2.23. The van der Waals surface area contributed by atoms with Crippen LogP contribution in [0.1, 0.15) is 12.5 Å². The first-order valence-electron chi connectivity index (χ1n) is 9.50. The number of amides is 1. The monoisotopic (exact) mass is 523 g/mol. The van der Waals surface area contributed by atoms with Crippen LogP contribution >= 0.6 is 39.9 Å². The predicted octanol–water partition coefficient (Wildman–Crippen LogP) is 5.15. The van der Waals surface area contributed by atoms with Crippen molar-refractivity contribution in [3.05, 3.63) is 51.3 Å². The van der Waals surface area contributed by atoms with Crippen LogP contribution < -0.4 is 18.9 Å². The van der Waals surface area contributed by atoms with E-state index in [1.54, 1.807) is 20.2 Å². The number of hydrogen-bond donors (Lipinski definition) is 0. The minimum absolute atomic E-state index is 0.112. The molecule has 0 N–H and O–H groups in total. The summed E-state index contributed by atoms with van der Waals surface area (Å²) >= 11 is 10.0. The lowest BCUT2D eigenvalue weighted by atomic mass is 10.2. The van der Waals surface area contributed by atoms with Gasteiger partial charge in [-0.3, -0.25) is 9.69 Å². The fourth-order valence-electron chi connectivity index (χ4n) is 2.77. The molecule has 0 aromatic heterocycles. The van der Waals surface area contributed by atoms with Crippen molar-refractivity contribution >= 4 is 56.2 Å². The van der Waals surface area contributed by atoms with Crippen molar-refractivity contribution in [2.45, 2.75) is 6.92 Å². The number of carbonyl (C=O) groups is 1. The van der Waals surface area contributed by atoms with Crippen LogP contribution in [0.4, 0.5) is 0 Å². The third kappa shape index (κ3) is 5.93. The molecule has 1 fully saturated rings. The number of ether oxygens (including phenoxy) is 4. The first-order chi connectivity index (χ1) is 14.9. The van der Waals surface area contributed by atoms with Crippen LogP contribution in [0.25, 0.3) is 6.08 Å². The Kier molecular flexibility index (Phi) is 8.22. The molecule has 1 aliphatic heterocycles. The Morgan fingerprint density at radius 2 is 1.87 bits per heavy atom. The van der Waals surface area contributed by atoms with Gasteiger partial charge in [0.25, 0.3) is 5.91 Å². The summed E-state index contributed by atoms with van der Waals surface area (Å²) in [5.41, 5.74) is 0.809. The Bertz CT molecular complexity index is 1010. The highest BCUT2D eigenvalue weighted by Crippen LogP contribution is 2.39. The Morgan fingerprint density at radius 3 is 2.55 bits per heavy atom. The van der Waals surface area contributed by atoms with E-state index in [0.29, 0.717) is 46.3 Å². The topological polar surface area (TPSA) is 57.2 Å². The molecular formula is C22H22BrNO5S2. The quantitative estimate of drug-likeness (QED) is 0.256. The molecule has 0 unspecified atom stereocenters. The first-order valence-corrected chi connectivity index (χ1v) is 11.5. The normalized spacial score (nSPS) is 14.8. The molecule has 0 radical (unpaired) electrons. The van der Waals surface area contributed by atoms with Crippen LogP contribution in [-0.4, -0.2) is 49.1 Å². The smallest absolute Gasteiger partial charge is 0.265 e. The largest absolute Gasteiger partial charge is 0.497 e. The number of halogens is 1. The van der Waals surface area contributed by atoms with Crippen LogP contribution in [0.5, 0.6) is 23.0 Å². The number of thiocarbonyl (C=S) groups is 1. The zero-order valence-electron chi connectivity index (χ0n) is 17.3. The summed E-state index contributed by atoms with van der Waals surface area (Å²) < 4.78 is 23.9. The van der Waals surface area contributed by atoms with Crippen molar-refractivity contribution in [1.29, 1.82) is 0 Å². The maximum Gasteiger partial charge on any atom is 0.265 e. The summed E-state index contributed by atoms with van der Waals surface area (Å²) in [6.07, 6.45) is 1.80. The standard InChI is InChI=1S/C22H22BrNO5S2/c1-4-27-18-11-14(12-19-21(25)24(2)22(30)31-19)10-17(23)20(18)29-9-8-28-16-7-5-6-15(13-16)26-3/h5-7,10-13H,4,8-9H2,1-3H3/b19-12+. The van der Waals surface area contributed by atoms with Gasteiger partial charge in [-0.05, 0) is 58.8 Å². The lowest BCUT2D eigenvalue weighted by molar-refractivity contribution is -0.121. The van der Waals surface area contributed by atoms with E-state index in [-0.39, 0.29) is 5.91 Å². The number of nitrogens with zero attached hydrogens (tertiary/aromatic N) is 1. The molecule has 0 saturated carbocycles. The Balaban J connectivity index is 1.70. The second kappa shape index (κ2) is 10.9. The first kappa shape index (κ1) is 23.4. The minimum Gasteiger partial charge on any atom is -0.497 e. The van der Waals surface area contributed by atoms with E-state index >= 15 is 0 Å². The van der Waals surface area contributed by atoms with Crippen molar-refractivity contribution in [3.8, 4) is 23.0 Å². The van der Waals surface area contributed by atoms with Crippen LogP contribution in [0.15, 0.2) is 45.8 Å². The molecule has 0 spiro atoms. The molecular weight excluding hydrogens is 502 g/mol. The van der Waals surface area contributed by atoms with Gasteiger partial charge in [-0.25, -0.2) is 0 Å². The van der Waals surface area contributed by atoms with Gasteiger partial charge in [0.15, 0.2) is 11.5 Å². The number of benzene rings is 2. The second-order valence-corrected chi connectivity index (χ2v) is 8.91. The second-order valence-electron chi connectivity index (χ2n) is 6.38. The molecule has 1 aliphatic rings. The van der Waals surface area contributed by atoms with Crippen LogP contribution in [-0.2, 0) is 4.79 Å². The molecule has 3 rings (SSSR count). The molecule has 2 aromatic rings. The zero-order valence-corrected chi connectivity index (χ0v) is 20.6. The van der Waals surface area contributed by atoms with E-state index in [1.807, 2.05) is 43.3 Å². The van der Waals surface area contributed by atoms with Gasteiger partial charge in [0.05, 0.1) is 23.1 Å². The van der Waals surface area contributed by atoms with Crippen molar-refractivity contribution in [2.24, 2.45) is 0 Å². The molecule has 9 heteroatoms. The molecule has 164 valence electrons. The van der Waals surface area contributed by atoms with E-state index in [1.165, 1.54) is 16.7 Å². The molecule has 6 nitrogen and oxygen atoms in total. The van der Waals surface area contributed by atoms with Crippen molar-refractivity contribution in [1.82, 2.24) is 4.90 Å². The molecule has 31 heavy (non-hydrogen) atoms. The van der Waals surface area contributed by atoms with Gasteiger partial charge in [-0.15, -0.1) is 0 Å². The van der Waals surface area contributed by atoms with Gasteiger partial charge in [-0.1, -0.05) is 30.0 Å². The predicted molar refractivity (Wildman–Crippen MR) is 130 cm³/mol. The highest BCUT2D eigenvalue weighted by Gasteiger charge is 2.28. The number of likely N-dealkylation sites (N-methyl/N-ethyl adjacent to an activating group) is 1. The van der Waals surface area contributed by atoms with Crippen LogP contribution in [0.2, 0.25) is 0 Å². The van der Waals surface area contributed by atoms with Gasteiger partial charge >= 0.3 is 0 Å². The van der Waals surface area contributed by atoms with Gasteiger partial charge < -0.3 is 18.9 Å². The van der Waals surface area contributed by atoms with E-state index < -0.39 is 0 Å². The minimum atomic E-state index is -0.112. The lowest BCUT2D eigenvalue weighted by Crippen LogP contribution is -2.22.